The number of aryl methyl sites for hydroxylation is 1. The number of hydrogen-bond donors (Lipinski definition) is 2. The quantitative estimate of drug-likeness (QED) is 0.634. The van der Waals surface area contributed by atoms with Crippen LogP contribution in [0.5, 0.6) is 0 Å². The van der Waals surface area contributed by atoms with Crippen molar-refractivity contribution in [2.24, 2.45) is 0 Å². The Hall–Kier alpha value is -1.43. The van der Waals surface area contributed by atoms with Crippen molar-refractivity contribution < 1.29 is 9.32 Å². The van der Waals surface area contributed by atoms with Gasteiger partial charge in [0.1, 0.15) is 0 Å². The molecular weight excluding hydrogens is 184 g/mol. The summed E-state index contributed by atoms with van der Waals surface area (Å²) in [5.74, 6) is 1.08. The van der Waals surface area contributed by atoms with Gasteiger partial charge in [-0.2, -0.15) is 4.98 Å². The van der Waals surface area contributed by atoms with Crippen LogP contribution in [-0.4, -0.2) is 35.2 Å². The second-order valence-corrected chi connectivity index (χ2v) is 3.24. The van der Waals surface area contributed by atoms with Crippen LogP contribution in [0.15, 0.2) is 4.52 Å². The highest BCUT2D eigenvalue weighted by Gasteiger charge is 2.23. The molecule has 1 fully saturated rings. The molecule has 0 bridgehead atoms. The molecule has 0 aromatic carbocycles. The van der Waals surface area contributed by atoms with Crippen LogP contribution in [0.3, 0.4) is 0 Å². The lowest BCUT2D eigenvalue weighted by Crippen LogP contribution is -2.53. The molecule has 1 aliphatic heterocycles. The van der Waals surface area contributed by atoms with E-state index in [0.29, 0.717) is 24.7 Å². The second kappa shape index (κ2) is 3.75. The molecule has 1 aromatic heterocycles. The lowest BCUT2D eigenvalue weighted by Gasteiger charge is -2.21. The smallest absolute Gasteiger partial charge is 0.237 e. The maximum absolute atomic E-state index is 11.3. The largest absolute Gasteiger partial charge is 0.353 e. The minimum atomic E-state index is -0.247. The average Bonchev–Trinajstić information content (AvgIpc) is 2.56. The molecule has 76 valence electrons. The summed E-state index contributed by atoms with van der Waals surface area (Å²) in [6.07, 6.45) is 0.451. The third-order valence-corrected chi connectivity index (χ3v) is 2.08. The number of piperazine rings is 1. The standard InChI is InChI=1S/C8H12N4O2/c1-5-11-7(14-12-5)4-6-8(13)10-3-2-9-6/h6,9H,2-4H2,1H3,(H,10,13). The third-order valence-electron chi connectivity index (χ3n) is 2.08. The van der Waals surface area contributed by atoms with Gasteiger partial charge in [-0.1, -0.05) is 5.16 Å². The molecule has 1 aliphatic rings. The summed E-state index contributed by atoms with van der Waals surface area (Å²) >= 11 is 0. The number of hydrogen-bond acceptors (Lipinski definition) is 5. The number of carbonyl (C=O) groups excluding carboxylic acids is 1. The zero-order valence-electron chi connectivity index (χ0n) is 7.91. The molecule has 0 radical (unpaired) electrons. The summed E-state index contributed by atoms with van der Waals surface area (Å²) in [4.78, 5) is 15.4. The van der Waals surface area contributed by atoms with Gasteiger partial charge in [-0.3, -0.25) is 4.79 Å². The predicted molar refractivity (Wildman–Crippen MR) is 47.5 cm³/mol. The SMILES string of the molecule is Cc1noc(CC2NCCNC2=O)n1. The maximum Gasteiger partial charge on any atom is 0.237 e. The molecule has 6 nitrogen and oxygen atoms in total. The lowest BCUT2D eigenvalue weighted by molar-refractivity contribution is -0.124. The van der Waals surface area contributed by atoms with E-state index < -0.39 is 0 Å². The Morgan fingerprint density at radius 2 is 2.43 bits per heavy atom. The van der Waals surface area contributed by atoms with E-state index in [4.69, 9.17) is 4.52 Å². The van der Waals surface area contributed by atoms with Gasteiger partial charge >= 0.3 is 0 Å². The molecule has 1 saturated heterocycles. The molecule has 1 atom stereocenters. The van der Waals surface area contributed by atoms with E-state index in [2.05, 4.69) is 20.8 Å². The molecule has 1 unspecified atom stereocenters. The first-order valence-electron chi connectivity index (χ1n) is 4.56. The number of carbonyl (C=O) groups is 1. The zero-order chi connectivity index (χ0) is 9.97. The van der Waals surface area contributed by atoms with Gasteiger partial charge < -0.3 is 15.2 Å². The topological polar surface area (TPSA) is 80.0 Å². The Labute approximate surface area is 81.1 Å². The number of rotatable bonds is 2. The molecule has 1 amide bonds. The van der Waals surface area contributed by atoms with Crippen molar-refractivity contribution in [1.29, 1.82) is 0 Å². The predicted octanol–water partition coefficient (Wildman–Crippen LogP) is -0.991. The summed E-state index contributed by atoms with van der Waals surface area (Å²) in [5, 5.41) is 9.52. The molecule has 14 heavy (non-hydrogen) atoms. The highest BCUT2D eigenvalue weighted by molar-refractivity contribution is 5.82. The first-order chi connectivity index (χ1) is 6.75. The summed E-state index contributed by atoms with van der Waals surface area (Å²) in [5.41, 5.74) is 0. The Balaban J connectivity index is 1.99. The van der Waals surface area contributed by atoms with Crippen LogP contribution in [-0.2, 0) is 11.2 Å². The Morgan fingerprint density at radius 3 is 3.07 bits per heavy atom. The van der Waals surface area contributed by atoms with Crippen molar-refractivity contribution in [3.05, 3.63) is 11.7 Å². The van der Waals surface area contributed by atoms with Gasteiger partial charge in [0.25, 0.3) is 0 Å². The van der Waals surface area contributed by atoms with Crippen LogP contribution < -0.4 is 10.6 Å². The third kappa shape index (κ3) is 1.90. The first-order valence-corrected chi connectivity index (χ1v) is 4.56. The summed E-state index contributed by atoms with van der Waals surface area (Å²) in [7, 11) is 0. The average molecular weight is 196 g/mol. The van der Waals surface area contributed by atoms with Gasteiger partial charge in [0.2, 0.25) is 11.8 Å². The van der Waals surface area contributed by atoms with Crippen molar-refractivity contribution in [3.63, 3.8) is 0 Å². The number of nitrogens with one attached hydrogen (secondary N) is 2. The van der Waals surface area contributed by atoms with Crippen molar-refractivity contribution >= 4 is 5.91 Å². The van der Waals surface area contributed by atoms with Crippen LogP contribution in [0, 0.1) is 6.92 Å². The fourth-order valence-corrected chi connectivity index (χ4v) is 1.41. The van der Waals surface area contributed by atoms with Gasteiger partial charge in [0.05, 0.1) is 12.5 Å². The summed E-state index contributed by atoms with van der Waals surface area (Å²) in [6.45, 7) is 3.21. The Kier molecular flexibility index (Phi) is 2.45. The minimum Gasteiger partial charge on any atom is -0.353 e. The molecule has 2 rings (SSSR count). The monoisotopic (exact) mass is 196 g/mol. The Morgan fingerprint density at radius 1 is 1.57 bits per heavy atom. The lowest BCUT2D eigenvalue weighted by atomic mass is 10.1. The normalized spacial score (nSPS) is 22.1. The van der Waals surface area contributed by atoms with Crippen LogP contribution in [0.2, 0.25) is 0 Å². The van der Waals surface area contributed by atoms with Gasteiger partial charge in [0.15, 0.2) is 5.82 Å². The summed E-state index contributed by atoms with van der Waals surface area (Å²) in [6, 6.07) is -0.247. The van der Waals surface area contributed by atoms with Gasteiger partial charge in [-0.05, 0) is 6.92 Å². The van der Waals surface area contributed by atoms with Crippen molar-refractivity contribution in [2.75, 3.05) is 13.1 Å². The van der Waals surface area contributed by atoms with Crippen molar-refractivity contribution in [1.82, 2.24) is 20.8 Å². The van der Waals surface area contributed by atoms with E-state index in [0.717, 1.165) is 6.54 Å². The number of nitrogens with zero attached hydrogens (tertiary/aromatic N) is 2. The van der Waals surface area contributed by atoms with Crippen LogP contribution >= 0.6 is 0 Å². The molecule has 0 saturated carbocycles. The molecule has 2 heterocycles. The van der Waals surface area contributed by atoms with E-state index in [1.165, 1.54) is 0 Å². The van der Waals surface area contributed by atoms with Crippen LogP contribution in [0.25, 0.3) is 0 Å². The Bertz CT molecular complexity index is 336. The highest BCUT2D eigenvalue weighted by atomic mass is 16.5. The van der Waals surface area contributed by atoms with Gasteiger partial charge in [-0.25, -0.2) is 0 Å². The highest BCUT2D eigenvalue weighted by Crippen LogP contribution is 2.02. The maximum atomic E-state index is 11.3. The molecule has 6 heteroatoms. The van der Waals surface area contributed by atoms with Crippen LogP contribution in [0.1, 0.15) is 11.7 Å². The van der Waals surface area contributed by atoms with Crippen LogP contribution in [0.4, 0.5) is 0 Å². The van der Waals surface area contributed by atoms with E-state index in [9.17, 15) is 4.79 Å². The van der Waals surface area contributed by atoms with E-state index in [1.807, 2.05) is 0 Å². The van der Waals surface area contributed by atoms with E-state index >= 15 is 0 Å². The fraction of sp³-hybridized carbons (Fsp3) is 0.625. The second-order valence-electron chi connectivity index (χ2n) is 3.24. The fourth-order valence-electron chi connectivity index (χ4n) is 1.41. The van der Waals surface area contributed by atoms with E-state index in [1.54, 1.807) is 6.92 Å². The molecule has 2 N–H and O–H groups in total. The summed E-state index contributed by atoms with van der Waals surface area (Å²) < 4.78 is 4.93. The minimum absolute atomic E-state index is 0.00731. The molecule has 1 aromatic rings. The van der Waals surface area contributed by atoms with E-state index in [-0.39, 0.29) is 11.9 Å². The van der Waals surface area contributed by atoms with Gasteiger partial charge in [-0.15, -0.1) is 0 Å². The molecule has 0 spiro atoms. The number of amides is 1. The molecule has 0 aliphatic carbocycles. The first kappa shape index (κ1) is 9.14. The van der Waals surface area contributed by atoms with Crippen molar-refractivity contribution in [3.8, 4) is 0 Å². The number of aromatic nitrogens is 2. The van der Waals surface area contributed by atoms with Crippen molar-refractivity contribution in [2.45, 2.75) is 19.4 Å². The molecular formula is C8H12N4O2. The zero-order valence-corrected chi connectivity index (χ0v) is 7.91. The van der Waals surface area contributed by atoms with Gasteiger partial charge in [0, 0.05) is 13.1 Å².